The smallest absolute Gasteiger partial charge is 0.348 e. The van der Waals surface area contributed by atoms with Gasteiger partial charge in [-0.15, -0.1) is 0 Å². The van der Waals surface area contributed by atoms with E-state index in [1.165, 1.54) is 11.8 Å². The number of anilines is 1. The molecule has 9 heteroatoms. The van der Waals surface area contributed by atoms with E-state index in [1.807, 2.05) is 18.7 Å². The molecular formula is C21H26N4O4S. The van der Waals surface area contributed by atoms with Crippen molar-refractivity contribution in [2.24, 2.45) is 0 Å². The third kappa shape index (κ3) is 4.62. The van der Waals surface area contributed by atoms with E-state index >= 15 is 0 Å². The zero-order valence-corrected chi connectivity index (χ0v) is 18.1. The molecule has 0 fully saturated rings. The lowest BCUT2D eigenvalue weighted by molar-refractivity contribution is -0.113. The number of nitrogens with zero attached hydrogens (tertiary/aromatic N) is 3. The van der Waals surface area contributed by atoms with Crippen molar-refractivity contribution in [3.8, 4) is 11.5 Å². The number of ether oxygens (including phenoxy) is 2. The summed E-state index contributed by atoms with van der Waals surface area (Å²) in [5, 5.41) is 3.56. The molecule has 0 bridgehead atoms. The van der Waals surface area contributed by atoms with Crippen molar-refractivity contribution in [3.05, 3.63) is 39.9 Å². The first-order valence-electron chi connectivity index (χ1n) is 10.1. The van der Waals surface area contributed by atoms with Gasteiger partial charge >= 0.3 is 5.69 Å². The lowest BCUT2D eigenvalue weighted by Gasteiger charge is -2.23. The molecule has 0 spiro atoms. The number of hydrogen-bond acceptors (Lipinski definition) is 7. The lowest BCUT2D eigenvalue weighted by atomic mass is 9.97. The van der Waals surface area contributed by atoms with Crippen molar-refractivity contribution in [2.45, 2.75) is 37.3 Å². The van der Waals surface area contributed by atoms with Gasteiger partial charge in [0, 0.05) is 36.1 Å². The molecule has 1 aromatic heterocycles. The Hall–Kier alpha value is -2.52. The summed E-state index contributed by atoms with van der Waals surface area (Å²) in [7, 11) is 3.99. The first-order valence-corrected chi connectivity index (χ1v) is 11.1. The number of amides is 1. The van der Waals surface area contributed by atoms with E-state index in [4.69, 9.17) is 9.47 Å². The number of thioether (sulfide) groups is 1. The van der Waals surface area contributed by atoms with Gasteiger partial charge in [0.05, 0.1) is 5.75 Å². The van der Waals surface area contributed by atoms with Crippen LogP contribution in [0.2, 0.25) is 0 Å². The summed E-state index contributed by atoms with van der Waals surface area (Å²) in [5.74, 6) is 1.34. The summed E-state index contributed by atoms with van der Waals surface area (Å²) in [6.07, 6.45) is 3.94. The van der Waals surface area contributed by atoms with Gasteiger partial charge in [-0.25, -0.2) is 4.79 Å². The van der Waals surface area contributed by atoms with Gasteiger partial charge in [-0.3, -0.25) is 9.36 Å². The van der Waals surface area contributed by atoms with E-state index in [0.717, 1.165) is 43.5 Å². The predicted molar refractivity (Wildman–Crippen MR) is 116 cm³/mol. The van der Waals surface area contributed by atoms with Gasteiger partial charge in [0.1, 0.15) is 5.03 Å². The highest BCUT2D eigenvalue weighted by molar-refractivity contribution is 8.00. The number of nitrogens with one attached hydrogen (secondary N) is 1. The van der Waals surface area contributed by atoms with Crippen LogP contribution in [0, 0.1) is 0 Å². The summed E-state index contributed by atoms with van der Waals surface area (Å²) in [6.45, 7) is 1.62. The number of benzene rings is 1. The molecule has 2 aromatic rings. The largest absolute Gasteiger partial charge is 0.454 e. The molecule has 0 atom stereocenters. The number of carbonyl (C=O) groups is 1. The van der Waals surface area contributed by atoms with E-state index < -0.39 is 0 Å². The van der Waals surface area contributed by atoms with Crippen molar-refractivity contribution in [1.82, 2.24) is 14.5 Å². The maximum atomic E-state index is 12.7. The monoisotopic (exact) mass is 430 g/mol. The molecule has 1 aliphatic heterocycles. The quantitative estimate of drug-likeness (QED) is 0.532. The predicted octanol–water partition coefficient (Wildman–Crippen LogP) is 2.14. The molecule has 0 radical (unpaired) electrons. The summed E-state index contributed by atoms with van der Waals surface area (Å²) >= 11 is 1.33. The Balaban J connectivity index is 1.45. The fraction of sp³-hybridized carbons (Fsp3) is 0.476. The van der Waals surface area contributed by atoms with Crippen molar-refractivity contribution in [3.63, 3.8) is 0 Å². The SMILES string of the molecule is CN(C)CCn1c2c(c(SCC(=O)Nc3ccc4c(c3)OCO4)nc1=O)CCCC2. The summed E-state index contributed by atoms with van der Waals surface area (Å²) in [5.41, 5.74) is 2.64. The first-order chi connectivity index (χ1) is 14.5. The molecule has 160 valence electrons. The van der Waals surface area contributed by atoms with Gasteiger partial charge in [-0.1, -0.05) is 11.8 Å². The maximum Gasteiger partial charge on any atom is 0.348 e. The van der Waals surface area contributed by atoms with Crippen LogP contribution in [0.5, 0.6) is 11.5 Å². The zero-order valence-electron chi connectivity index (χ0n) is 17.3. The summed E-state index contributed by atoms with van der Waals surface area (Å²) in [4.78, 5) is 31.5. The normalized spacial score (nSPS) is 14.6. The van der Waals surface area contributed by atoms with Crippen LogP contribution in [0.3, 0.4) is 0 Å². The molecule has 0 saturated heterocycles. The van der Waals surface area contributed by atoms with Crippen molar-refractivity contribution in [2.75, 3.05) is 38.5 Å². The van der Waals surface area contributed by atoms with Crippen LogP contribution in [-0.4, -0.2) is 53.5 Å². The third-order valence-electron chi connectivity index (χ3n) is 5.22. The van der Waals surface area contributed by atoms with E-state index in [-0.39, 0.29) is 24.1 Å². The first kappa shape index (κ1) is 20.7. The number of likely N-dealkylation sites (N-methyl/N-ethyl adjacent to an activating group) is 1. The summed E-state index contributed by atoms with van der Waals surface area (Å²) < 4.78 is 12.4. The van der Waals surface area contributed by atoms with E-state index in [9.17, 15) is 9.59 Å². The van der Waals surface area contributed by atoms with Crippen LogP contribution in [-0.2, 0) is 24.2 Å². The fourth-order valence-corrected chi connectivity index (χ4v) is 4.58. The topological polar surface area (TPSA) is 85.7 Å². The highest BCUT2D eigenvalue weighted by Gasteiger charge is 2.21. The van der Waals surface area contributed by atoms with Gasteiger partial charge in [0.15, 0.2) is 11.5 Å². The second-order valence-electron chi connectivity index (χ2n) is 7.69. The molecular weight excluding hydrogens is 404 g/mol. The molecule has 0 unspecified atom stereocenters. The molecule has 2 heterocycles. The van der Waals surface area contributed by atoms with Gasteiger partial charge in [-0.2, -0.15) is 4.98 Å². The average molecular weight is 431 g/mol. The minimum absolute atomic E-state index is 0.151. The number of aromatic nitrogens is 2. The molecule has 1 amide bonds. The molecule has 30 heavy (non-hydrogen) atoms. The average Bonchev–Trinajstić information content (AvgIpc) is 3.19. The van der Waals surface area contributed by atoms with Crippen LogP contribution in [0.4, 0.5) is 5.69 Å². The minimum atomic E-state index is -0.226. The minimum Gasteiger partial charge on any atom is -0.454 e. The number of hydrogen-bond donors (Lipinski definition) is 1. The summed E-state index contributed by atoms with van der Waals surface area (Å²) in [6, 6.07) is 5.30. The van der Waals surface area contributed by atoms with Crippen LogP contribution in [0.15, 0.2) is 28.0 Å². The lowest BCUT2D eigenvalue weighted by Crippen LogP contribution is -2.33. The van der Waals surface area contributed by atoms with E-state index in [0.29, 0.717) is 28.8 Å². The van der Waals surface area contributed by atoms with Gasteiger partial charge < -0.3 is 19.7 Å². The molecule has 2 aliphatic rings. The number of carbonyl (C=O) groups excluding carboxylic acids is 1. The second kappa shape index (κ2) is 9.09. The Morgan fingerprint density at radius 1 is 1.23 bits per heavy atom. The second-order valence-corrected chi connectivity index (χ2v) is 8.66. The Morgan fingerprint density at radius 2 is 2.03 bits per heavy atom. The molecule has 1 aromatic carbocycles. The number of fused-ring (bicyclic) bond motifs is 2. The van der Waals surface area contributed by atoms with Crippen LogP contribution >= 0.6 is 11.8 Å². The van der Waals surface area contributed by atoms with E-state index in [1.54, 1.807) is 18.2 Å². The van der Waals surface area contributed by atoms with Crippen molar-refractivity contribution < 1.29 is 14.3 Å². The van der Waals surface area contributed by atoms with E-state index in [2.05, 4.69) is 15.2 Å². The van der Waals surface area contributed by atoms with Crippen LogP contribution < -0.4 is 20.5 Å². The zero-order chi connectivity index (χ0) is 21.1. The van der Waals surface area contributed by atoms with Gasteiger partial charge in [0.2, 0.25) is 12.7 Å². The molecule has 1 aliphatic carbocycles. The van der Waals surface area contributed by atoms with Crippen LogP contribution in [0.25, 0.3) is 0 Å². The highest BCUT2D eigenvalue weighted by atomic mass is 32.2. The van der Waals surface area contributed by atoms with Gasteiger partial charge in [0.25, 0.3) is 0 Å². The fourth-order valence-electron chi connectivity index (χ4n) is 3.70. The Labute approximate surface area is 179 Å². The molecule has 8 nitrogen and oxygen atoms in total. The maximum absolute atomic E-state index is 12.7. The van der Waals surface area contributed by atoms with Crippen molar-refractivity contribution >= 4 is 23.4 Å². The Kier molecular flexibility index (Phi) is 6.29. The van der Waals surface area contributed by atoms with Crippen molar-refractivity contribution in [1.29, 1.82) is 0 Å². The highest BCUT2D eigenvalue weighted by Crippen LogP contribution is 2.34. The standard InChI is InChI=1S/C21H26N4O4S/c1-24(2)9-10-25-16-6-4-3-5-15(16)20(23-21(25)27)30-12-19(26)22-14-7-8-17-18(11-14)29-13-28-17/h7-8,11H,3-6,9-10,12-13H2,1-2H3,(H,22,26). The molecule has 1 N–H and O–H groups in total. The molecule has 0 saturated carbocycles. The van der Waals surface area contributed by atoms with Crippen LogP contribution in [0.1, 0.15) is 24.1 Å². The third-order valence-corrected chi connectivity index (χ3v) is 6.24. The Bertz CT molecular complexity index is 1010. The molecule has 4 rings (SSSR count). The number of rotatable bonds is 7. The van der Waals surface area contributed by atoms with Gasteiger partial charge in [-0.05, 0) is 51.9 Å². The Morgan fingerprint density at radius 3 is 2.87 bits per heavy atom.